The van der Waals surface area contributed by atoms with Crippen LogP contribution >= 0.6 is 23.4 Å². The van der Waals surface area contributed by atoms with Crippen LogP contribution in [0.2, 0.25) is 0 Å². The van der Waals surface area contributed by atoms with E-state index in [1.54, 1.807) is 0 Å². The quantitative estimate of drug-likeness (QED) is 0.275. The molecule has 0 saturated heterocycles. The Kier molecular flexibility index (Phi) is 7.45. The number of halogens is 6. The highest BCUT2D eigenvalue weighted by atomic mass is 35.5. The number of pyridine rings is 1. The second-order valence-corrected chi connectivity index (χ2v) is 7.32. The third-order valence-electron chi connectivity index (χ3n) is 2.91. The fraction of sp³-hybridized carbons (Fsp3) is 0.533. The van der Waals surface area contributed by atoms with Gasteiger partial charge in [-0.05, 0) is 18.5 Å². The molecule has 0 atom stereocenters. The van der Waals surface area contributed by atoms with Crippen LogP contribution in [0.25, 0.3) is 0 Å². The predicted octanol–water partition coefficient (Wildman–Crippen LogP) is 4.85. The van der Waals surface area contributed by atoms with E-state index in [4.69, 9.17) is 11.6 Å². The van der Waals surface area contributed by atoms with Crippen molar-refractivity contribution in [2.24, 2.45) is 0 Å². The molecule has 0 amide bonds. The molecule has 5 nitrogen and oxygen atoms in total. The smallest absolute Gasteiger partial charge is 0.434 e. The maximum atomic E-state index is 13.8. The molecule has 0 aliphatic rings. The molecule has 1 heterocycles. The Balaban J connectivity index is 4.13. The van der Waals surface area contributed by atoms with Crippen molar-refractivity contribution in [3.63, 3.8) is 0 Å². The number of hydrogen-bond donors (Lipinski definition) is 0. The highest BCUT2D eigenvalue weighted by molar-refractivity contribution is 8.00. The summed E-state index contributed by atoms with van der Waals surface area (Å²) in [6.07, 6.45) is -5.29. The Morgan fingerprint density at radius 2 is 1.63 bits per heavy atom. The van der Waals surface area contributed by atoms with Crippen molar-refractivity contribution in [1.82, 2.24) is 4.98 Å². The van der Waals surface area contributed by atoms with Crippen LogP contribution in [0.3, 0.4) is 0 Å². The third kappa shape index (κ3) is 5.44. The lowest BCUT2D eigenvalue weighted by Gasteiger charge is -2.22. The first-order valence-corrected chi connectivity index (χ1v) is 8.65. The first kappa shape index (κ1) is 23.4. The molecule has 0 bridgehead atoms. The van der Waals surface area contributed by atoms with Crippen molar-refractivity contribution in [3.05, 3.63) is 22.5 Å². The summed E-state index contributed by atoms with van der Waals surface area (Å²) >= 11 is 5.47. The van der Waals surface area contributed by atoms with Gasteiger partial charge < -0.3 is 9.47 Å². The van der Waals surface area contributed by atoms with Gasteiger partial charge in [-0.3, -0.25) is 0 Å². The average molecular weight is 436 g/mol. The molecule has 0 aromatic carbocycles. The zero-order chi connectivity index (χ0) is 21.2. The molecule has 1 aromatic heterocycles. The number of thioether (sulfide) groups is 1. The van der Waals surface area contributed by atoms with E-state index in [1.807, 2.05) is 0 Å². The Bertz CT molecular complexity index is 734. The van der Waals surface area contributed by atoms with Gasteiger partial charge in [-0.2, -0.15) is 22.0 Å². The molecule has 0 saturated carbocycles. The summed E-state index contributed by atoms with van der Waals surface area (Å²) in [5.74, 6) is -2.88. The number of aromatic nitrogens is 1. The summed E-state index contributed by atoms with van der Waals surface area (Å²) in [7, 11) is 0.837. The maximum absolute atomic E-state index is 13.8. The van der Waals surface area contributed by atoms with Crippen molar-refractivity contribution in [3.8, 4) is 0 Å². The minimum Gasteiger partial charge on any atom is -0.465 e. The van der Waals surface area contributed by atoms with Gasteiger partial charge in [-0.25, -0.2) is 14.6 Å². The molecule has 0 aliphatic carbocycles. The molecular formula is C15H15ClF5NO4S. The van der Waals surface area contributed by atoms with Crippen LogP contribution in [0, 0.1) is 0 Å². The zero-order valence-corrected chi connectivity index (χ0v) is 16.1. The number of nitrogens with zero attached hydrogens (tertiary/aromatic N) is 1. The van der Waals surface area contributed by atoms with E-state index in [1.165, 1.54) is 20.8 Å². The molecular weight excluding hydrogens is 421 g/mol. The average Bonchev–Trinajstić information content (AvgIpc) is 2.50. The summed E-state index contributed by atoms with van der Waals surface area (Å²) < 4.78 is 77.0. The van der Waals surface area contributed by atoms with Crippen LogP contribution in [0.1, 0.15) is 52.9 Å². The molecule has 152 valence electrons. The van der Waals surface area contributed by atoms with Crippen molar-refractivity contribution in [2.45, 2.75) is 42.5 Å². The Hall–Kier alpha value is -1.62. The SMILES string of the molecule is CCOC(=O)c1c(C(F)(F)F)nc(C(F)(F)Cl)c(C(=O)OC)c1SC(C)C. The molecule has 1 rings (SSSR count). The molecule has 27 heavy (non-hydrogen) atoms. The number of ether oxygens (including phenoxy) is 2. The van der Waals surface area contributed by atoms with Crippen LogP contribution in [-0.4, -0.2) is 35.9 Å². The fourth-order valence-corrected chi connectivity index (χ4v) is 3.22. The van der Waals surface area contributed by atoms with E-state index in [0.717, 1.165) is 7.11 Å². The zero-order valence-electron chi connectivity index (χ0n) is 14.5. The lowest BCUT2D eigenvalue weighted by Crippen LogP contribution is -2.26. The van der Waals surface area contributed by atoms with Crippen molar-refractivity contribution >= 4 is 35.3 Å². The third-order valence-corrected chi connectivity index (χ3v) is 4.21. The second kappa shape index (κ2) is 8.59. The number of carbonyl (C=O) groups is 2. The van der Waals surface area contributed by atoms with Gasteiger partial charge in [0, 0.05) is 10.1 Å². The first-order valence-electron chi connectivity index (χ1n) is 7.40. The van der Waals surface area contributed by atoms with Gasteiger partial charge in [-0.1, -0.05) is 13.8 Å². The van der Waals surface area contributed by atoms with Crippen LogP contribution in [0.4, 0.5) is 22.0 Å². The summed E-state index contributed by atoms with van der Waals surface area (Å²) in [5.41, 5.74) is -5.74. The van der Waals surface area contributed by atoms with Crippen molar-refractivity contribution in [1.29, 1.82) is 0 Å². The number of methoxy groups -OCH3 is 1. The van der Waals surface area contributed by atoms with E-state index < -0.39 is 56.2 Å². The van der Waals surface area contributed by atoms with Crippen molar-refractivity contribution in [2.75, 3.05) is 13.7 Å². The Morgan fingerprint density at radius 1 is 1.11 bits per heavy atom. The van der Waals surface area contributed by atoms with E-state index in [9.17, 15) is 31.5 Å². The highest BCUT2D eigenvalue weighted by Gasteiger charge is 2.46. The number of hydrogen-bond acceptors (Lipinski definition) is 6. The highest BCUT2D eigenvalue weighted by Crippen LogP contribution is 2.44. The summed E-state index contributed by atoms with van der Waals surface area (Å²) in [4.78, 5) is 26.4. The largest absolute Gasteiger partial charge is 0.465 e. The predicted molar refractivity (Wildman–Crippen MR) is 87.3 cm³/mol. The van der Waals surface area contributed by atoms with E-state index >= 15 is 0 Å². The van der Waals surface area contributed by atoms with Gasteiger partial charge in [0.1, 0.15) is 16.8 Å². The minimum atomic E-state index is -5.29. The number of esters is 2. The van der Waals surface area contributed by atoms with Gasteiger partial charge in [0.05, 0.1) is 13.7 Å². The van der Waals surface area contributed by atoms with E-state index in [0.29, 0.717) is 11.8 Å². The Morgan fingerprint density at radius 3 is 2.00 bits per heavy atom. The molecule has 0 spiro atoms. The normalized spacial score (nSPS) is 12.3. The van der Waals surface area contributed by atoms with Crippen LogP contribution in [-0.2, 0) is 21.0 Å². The first-order chi connectivity index (χ1) is 12.3. The van der Waals surface area contributed by atoms with Crippen molar-refractivity contribution < 1.29 is 41.0 Å². The summed E-state index contributed by atoms with van der Waals surface area (Å²) in [6.45, 7) is 4.10. The van der Waals surface area contributed by atoms with E-state index in [-0.39, 0.29) is 6.61 Å². The van der Waals surface area contributed by atoms with Gasteiger partial charge >= 0.3 is 23.5 Å². The Labute approximate surface area is 160 Å². The summed E-state index contributed by atoms with van der Waals surface area (Å²) in [6, 6.07) is 0. The fourth-order valence-electron chi connectivity index (χ4n) is 2.01. The molecule has 1 aromatic rings. The van der Waals surface area contributed by atoms with Gasteiger partial charge in [-0.15, -0.1) is 11.8 Å². The van der Waals surface area contributed by atoms with Gasteiger partial charge in [0.2, 0.25) is 0 Å². The topological polar surface area (TPSA) is 65.5 Å². The van der Waals surface area contributed by atoms with Crippen LogP contribution in [0.15, 0.2) is 4.90 Å². The molecule has 0 unspecified atom stereocenters. The standard InChI is InChI=1S/C15H15ClF5NO4S/c1-5-26-13(24)8-9(27-6(2)3)7(12(23)25-4)10(14(16,17)18)22-11(8)15(19,20)21/h6H,5H2,1-4H3. The molecule has 0 aliphatic heterocycles. The molecule has 0 radical (unpaired) electrons. The second-order valence-electron chi connectivity index (χ2n) is 5.26. The molecule has 0 fully saturated rings. The number of carbonyl (C=O) groups excluding carboxylic acids is 2. The van der Waals surface area contributed by atoms with Crippen LogP contribution < -0.4 is 0 Å². The van der Waals surface area contributed by atoms with Gasteiger partial charge in [0.25, 0.3) is 0 Å². The monoisotopic (exact) mass is 435 g/mol. The molecule has 12 heteroatoms. The minimum absolute atomic E-state index is 0.289. The van der Waals surface area contributed by atoms with Crippen LogP contribution in [0.5, 0.6) is 0 Å². The lowest BCUT2D eigenvalue weighted by atomic mass is 10.1. The lowest BCUT2D eigenvalue weighted by molar-refractivity contribution is -0.142. The summed E-state index contributed by atoms with van der Waals surface area (Å²) in [5, 5.41) is -4.93. The number of alkyl halides is 6. The van der Waals surface area contributed by atoms with Gasteiger partial charge in [0.15, 0.2) is 5.69 Å². The number of rotatable bonds is 6. The van der Waals surface area contributed by atoms with E-state index in [2.05, 4.69) is 14.5 Å². The molecule has 0 N–H and O–H groups in total. The maximum Gasteiger partial charge on any atom is 0.434 e.